The number of piperazine rings is 1. The van der Waals surface area contributed by atoms with E-state index in [1.54, 1.807) is 11.3 Å². The molecule has 1 aliphatic rings. The molecule has 0 spiro atoms. The Hall–Kier alpha value is -1.14. The SMILES string of the molecule is CCNCc1cnc(N2CCNC(=O)C2(C)C)s1. The van der Waals surface area contributed by atoms with Gasteiger partial charge in [0.1, 0.15) is 5.54 Å². The fourth-order valence-corrected chi connectivity index (χ4v) is 3.04. The zero-order valence-corrected chi connectivity index (χ0v) is 11.9. The number of aromatic nitrogens is 1. The predicted octanol–water partition coefficient (Wildman–Crippen LogP) is 0.967. The lowest BCUT2D eigenvalue weighted by atomic mass is 10.00. The average molecular weight is 268 g/mol. The molecule has 0 radical (unpaired) electrons. The van der Waals surface area contributed by atoms with Crippen LogP contribution in [0.1, 0.15) is 25.6 Å². The molecule has 1 fully saturated rings. The minimum Gasteiger partial charge on any atom is -0.352 e. The van der Waals surface area contributed by atoms with Gasteiger partial charge in [0.05, 0.1) is 0 Å². The summed E-state index contributed by atoms with van der Waals surface area (Å²) in [5.74, 6) is 0.0668. The first-order valence-electron chi connectivity index (χ1n) is 6.27. The summed E-state index contributed by atoms with van der Waals surface area (Å²) in [6, 6.07) is 0. The van der Waals surface area contributed by atoms with E-state index in [-0.39, 0.29) is 5.91 Å². The first-order chi connectivity index (χ1) is 8.55. The molecule has 2 rings (SSSR count). The number of hydrogen-bond donors (Lipinski definition) is 2. The zero-order chi connectivity index (χ0) is 13.2. The molecular formula is C12H20N4OS. The highest BCUT2D eigenvalue weighted by atomic mass is 32.1. The molecule has 1 amide bonds. The molecule has 1 saturated heterocycles. The number of nitrogens with one attached hydrogen (secondary N) is 2. The number of rotatable bonds is 4. The van der Waals surface area contributed by atoms with E-state index in [0.717, 1.165) is 24.8 Å². The minimum atomic E-state index is -0.522. The van der Waals surface area contributed by atoms with Crippen LogP contribution in [0.4, 0.5) is 5.13 Å². The van der Waals surface area contributed by atoms with E-state index in [1.165, 1.54) is 4.88 Å². The molecule has 5 nitrogen and oxygen atoms in total. The summed E-state index contributed by atoms with van der Waals surface area (Å²) in [5.41, 5.74) is -0.522. The second-order valence-electron chi connectivity index (χ2n) is 4.86. The second-order valence-corrected chi connectivity index (χ2v) is 5.95. The van der Waals surface area contributed by atoms with Crippen LogP contribution in [0.2, 0.25) is 0 Å². The lowest BCUT2D eigenvalue weighted by Gasteiger charge is -2.41. The van der Waals surface area contributed by atoms with Crippen LogP contribution in [0.15, 0.2) is 6.20 Å². The number of anilines is 1. The Bertz CT molecular complexity index is 429. The van der Waals surface area contributed by atoms with E-state index in [4.69, 9.17) is 0 Å². The predicted molar refractivity (Wildman–Crippen MR) is 73.9 cm³/mol. The first kappa shape index (κ1) is 13.3. The van der Waals surface area contributed by atoms with Crippen molar-refractivity contribution in [3.05, 3.63) is 11.1 Å². The molecule has 0 atom stereocenters. The Labute approximate surface area is 112 Å². The maximum absolute atomic E-state index is 11.9. The van der Waals surface area contributed by atoms with Gasteiger partial charge >= 0.3 is 0 Å². The summed E-state index contributed by atoms with van der Waals surface area (Å²) in [7, 11) is 0. The molecule has 0 aliphatic carbocycles. The van der Waals surface area contributed by atoms with Crippen molar-refractivity contribution < 1.29 is 4.79 Å². The summed E-state index contributed by atoms with van der Waals surface area (Å²) >= 11 is 1.66. The van der Waals surface area contributed by atoms with Gasteiger partial charge in [-0.15, -0.1) is 11.3 Å². The second kappa shape index (κ2) is 5.24. The molecule has 0 aromatic carbocycles. The minimum absolute atomic E-state index is 0.0668. The summed E-state index contributed by atoms with van der Waals surface area (Å²) < 4.78 is 0. The van der Waals surface area contributed by atoms with Gasteiger partial charge in [0.2, 0.25) is 5.91 Å². The van der Waals surface area contributed by atoms with E-state index in [0.29, 0.717) is 6.54 Å². The lowest BCUT2D eigenvalue weighted by molar-refractivity contribution is -0.126. The summed E-state index contributed by atoms with van der Waals surface area (Å²) in [5, 5.41) is 7.11. The summed E-state index contributed by atoms with van der Waals surface area (Å²) in [4.78, 5) is 19.6. The zero-order valence-electron chi connectivity index (χ0n) is 11.1. The van der Waals surface area contributed by atoms with Crippen LogP contribution in [0.25, 0.3) is 0 Å². The number of thiazole rings is 1. The Morgan fingerprint density at radius 1 is 1.61 bits per heavy atom. The van der Waals surface area contributed by atoms with Crippen LogP contribution in [0.3, 0.4) is 0 Å². The van der Waals surface area contributed by atoms with Crippen molar-refractivity contribution >= 4 is 22.4 Å². The van der Waals surface area contributed by atoms with Crippen LogP contribution in [0, 0.1) is 0 Å². The van der Waals surface area contributed by atoms with E-state index >= 15 is 0 Å². The molecule has 0 saturated carbocycles. The molecule has 0 bridgehead atoms. The van der Waals surface area contributed by atoms with Crippen molar-refractivity contribution in [2.75, 3.05) is 24.5 Å². The molecule has 2 heterocycles. The van der Waals surface area contributed by atoms with Crippen molar-refractivity contribution in [1.29, 1.82) is 0 Å². The third-order valence-electron chi connectivity index (χ3n) is 3.17. The van der Waals surface area contributed by atoms with Crippen LogP contribution < -0.4 is 15.5 Å². The maximum atomic E-state index is 11.9. The summed E-state index contributed by atoms with van der Waals surface area (Å²) in [6.07, 6.45) is 1.89. The van der Waals surface area contributed by atoms with Crippen LogP contribution >= 0.6 is 11.3 Å². The van der Waals surface area contributed by atoms with Crippen LogP contribution in [0.5, 0.6) is 0 Å². The maximum Gasteiger partial charge on any atom is 0.245 e. The Morgan fingerprint density at radius 2 is 2.39 bits per heavy atom. The van der Waals surface area contributed by atoms with Crippen molar-refractivity contribution in [2.45, 2.75) is 32.9 Å². The van der Waals surface area contributed by atoms with Crippen LogP contribution in [-0.2, 0) is 11.3 Å². The van der Waals surface area contributed by atoms with E-state index in [9.17, 15) is 4.79 Å². The number of carbonyl (C=O) groups is 1. The van der Waals surface area contributed by atoms with Gasteiger partial charge in [-0.1, -0.05) is 6.92 Å². The normalized spacial score (nSPS) is 18.8. The van der Waals surface area contributed by atoms with Gasteiger partial charge < -0.3 is 15.5 Å². The number of hydrogen-bond acceptors (Lipinski definition) is 5. The van der Waals surface area contributed by atoms with Crippen molar-refractivity contribution in [3.63, 3.8) is 0 Å². The molecule has 6 heteroatoms. The quantitative estimate of drug-likeness (QED) is 0.854. The van der Waals surface area contributed by atoms with Gasteiger partial charge in [-0.25, -0.2) is 4.98 Å². The van der Waals surface area contributed by atoms with Crippen molar-refractivity contribution in [1.82, 2.24) is 15.6 Å². The highest BCUT2D eigenvalue weighted by molar-refractivity contribution is 7.15. The summed E-state index contributed by atoms with van der Waals surface area (Å²) in [6.45, 7) is 9.25. The molecule has 2 N–H and O–H groups in total. The molecule has 0 unspecified atom stereocenters. The average Bonchev–Trinajstić information content (AvgIpc) is 2.78. The number of nitrogens with zero attached hydrogens (tertiary/aromatic N) is 2. The Balaban J connectivity index is 2.15. The van der Waals surface area contributed by atoms with Gasteiger partial charge in [0, 0.05) is 30.7 Å². The van der Waals surface area contributed by atoms with Gasteiger partial charge in [-0.05, 0) is 20.4 Å². The van der Waals surface area contributed by atoms with Gasteiger partial charge in [0.15, 0.2) is 5.13 Å². The van der Waals surface area contributed by atoms with E-state index in [1.807, 2.05) is 20.0 Å². The Kier molecular flexibility index (Phi) is 3.87. The fraction of sp³-hybridized carbons (Fsp3) is 0.667. The molecule has 18 heavy (non-hydrogen) atoms. The molecule has 1 aliphatic heterocycles. The molecule has 100 valence electrons. The monoisotopic (exact) mass is 268 g/mol. The van der Waals surface area contributed by atoms with E-state index in [2.05, 4.69) is 27.4 Å². The fourth-order valence-electron chi connectivity index (χ4n) is 1.99. The standard InChI is InChI=1S/C12H20N4OS/c1-4-13-7-9-8-15-11(18-9)16-6-5-14-10(17)12(16,2)3/h8,13H,4-7H2,1-3H3,(H,14,17). The highest BCUT2D eigenvalue weighted by Crippen LogP contribution is 2.29. The van der Waals surface area contributed by atoms with E-state index < -0.39 is 5.54 Å². The molecular weight excluding hydrogens is 248 g/mol. The van der Waals surface area contributed by atoms with Crippen LogP contribution in [-0.4, -0.2) is 36.1 Å². The van der Waals surface area contributed by atoms with Crippen molar-refractivity contribution in [3.8, 4) is 0 Å². The van der Waals surface area contributed by atoms with Gasteiger partial charge in [-0.2, -0.15) is 0 Å². The molecule has 1 aromatic rings. The number of amides is 1. The third kappa shape index (κ3) is 2.49. The van der Waals surface area contributed by atoms with Crippen molar-refractivity contribution in [2.24, 2.45) is 0 Å². The lowest BCUT2D eigenvalue weighted by Crippen LogP contribution is -2.62. The third-order valence-corrected chi connectivity index (χ3v) is 4.19. The Morgan fingerprint density at radius 3 is 3.11 bits per heavy atom. The first-order valence-corrected chi connectivity index (χ1v) is 7.08. The highest BCUT2D eigenvalue weighted by Gasteiger charge is 2.38. The topological polar surface area (TPSA) is 57.3 Å². The molecule has 1 aromatic heterocycles. The smallest absolute Gasteiger partial charge is 0.245 e. The van der Waals surface area contributed by atoms with Gasteiger partial charge in [-0.3, -0.25) is 4.79 Å². The van der Waals surface area contributed by atoms with Gasteiger partial charge in [0.25, 0.3) is 0 Å². The largest absolute Gasteiger partial charge is 0.352 e. The number of carbonyl (C=O) groups excluding carboxylic acids is 1.